The zero-order chi connectivity index (χ0) is 18.9. The summed E-state index contributed by atoms with van der Waals surface area (Å²) in [5.41, 5.74) is 2.43. The summed E-state index contributed by atoms with van der Waals surface area (Å²) in [7, 11) is -3.79. The molecule has 1 aliphatic carbocycles. The Labute approximate surface area is 152 Å². The number of nitrogens with one attached hydrogen (secondary N) is 2. The van der Waals surface area contributed by atoms with Gasteiger partial charge in [-0.15, -0.1) is 0 Å². The average Bonchev–Trinajstić information content (AvgIpc) is 2.97. The lowest BCUT2D eigenvalue weighted by Crippen LogP contribution is -2.30. The van der Waals surface area contributed by atoms with Crippen LogP contribution in [0.25, 0.3) is 0 Å². The molecule has 138 valence electrons. The fourth-order valence-corrected chi connectivity index (χ4v) is 4.50. The van der Waals surface area contributed by atoms with Crippen LogP contribution in [0.2, 0.25) is 0 Å². The Morgan fingerprint density at radius 3 is 2.62 bits per heavy atom. The number of nitrogens with zero attached hydrogens (tertiary/aromatic N) is 1. The molecule has 0 amide bonds. The fraction of sp³-hybridized carbons (Fsp3) is 0.333. The van der Waals surface area contributed by atoms with Gasteiger partial charge >= 0.3 is 0 Å². The maximum atomic E-state index is 12.3. The highest BCUT2D eigenvalue weighted by Crippen LogP contribution is 2.37. The maximum absolute atomic E-state index is 12.3. The van der Waals surface area contributed by atoms with Crippen LogP contribution in [0.15, 0.2) is 47.4 Å². The summed E-state index contributed by atoms with van der Waals surface area (Å²) in [5.74, 6) is 0. The van der Waals surface area contributed by atoms with Crippen molar-refractivity contribution in [1.29, 1.82) is 0 Å². The van der Waals surface area contributed by atoms with Gasteiger partial charge in [0.15, 0.2) is 0 Å². The molecule has 8 heteroatoms. The van der Waals surface area contributed by atoms with E-state index in [9.17, 15) is 18.5 Å². The van der Waals surface area contributed by atoms with Gasteiger partial charge in [-0.2, -0.15) is 0 Å². The number of benzene rings is 2. The normalized spacial score (nSPS) is 16.5. The average molecular weight is 375 g/mol. The first-order chi connectivity index (χ1) is 12.3. The number of sulfonamides is 1. The third-order valence-electron chi connectivity index (χ3n) is 4.33. The van der Waals surface area contributed by atoms with Gasteiger partial charge in [0.25, 0.3) is 5.69 Å². The van der Waals surface area contributed by atoms with E-state index >= 15 is 0 Å². The minimum absolute atomic E-state index is 0.0267. The van der Waals surface area contributed by atoms with Crippen LogP contribution in [-0.4, -0.2) is 19.4 Å². The van der Waals surface area contributed by atoms with Gasteiger partial charge in [0.1, 0.15) is 5.69 Å². The molecule has 7 nitrogen and oxygen atoms in total. The van der Waals surface area contributed by atoms with Crippen LogP contribution in [0.5, 0.6) is 0 Å². The monoisotopic (exact) mass is 375 g/mol. The number of fused-ring (bicyclic) bond motifs is 1. The first kappa shape index (κ1) is 18.3. The quantitative estimate of drug-likeness (QED) is 0.595. The number of anilines is 1. The molecule has 0 saturated carbocycles. The molecule has 0 heterocycles. The topological polar surface area (TPSA) is 101 Å². The molecule has 0 saturated heterocycles. The number of nitro groups is 1. The van der Waals surface area contributed by atoms with Gasteiger partial charge in [0.05, 0.1) is 15.9 Å². The highest BCUT2D eigenvalue weighted by Gasteiger charge is 2.26. The van der Waals surface area contributed by atoms with E-state index in [1.54, 1.807) is 13.8 Å². The van der Waals surface area contributed by atoms with E-state index in [1.807, 2.05) is 18.2 Å². The Bertz CT molecular complexity index is 941. The van der Waals surface area contributed by atoms with Gasteiger partial charge in [-0.25, -0.2) is 13.1 Å². The molecular formula is C18H21N3O4S. The van der Waals surface area contributed by atoms with Crippen molar-refractivity contribution in [2.75, 3.05) is 5.32 Å². The number of nitro benzene ring substituents is 1. The van der Waals surface area contributed by atoms with Crippen molar-refractivity contribution >= 4 is 21.4 Å². The third-order valence-corrected chi connectivity index (χ3v) is 5.99. The first-order valence-electron chi connectivity index (χ1n) is 8.43. The second-order valence-corrected chi connectivity index (χ2v) is 8.36. The largest absolute Gasteiger partial charge is 0.373 e. The predicted octanol–water partition coefficient (Wildman–Crippen LogP) is 3.38. The molecule has 0 aliphatic heterocycles. The molecule has 0 spiro atoms. The fourth-order valence-electron chi connectivity index (χ4n) is 3.22. The highest BCUT2D eigenvalue weighted by molar-refractivity contribution is 7.89. The second-order valence-electron chi connectivity index (χ2n) is 6.65. The lowest BCUT2D eigenvalue weighted by Gasteiger charge is -2.16. The number of hydrogen-bond donors (Lipinski definition) is 2. The highest BCUT2D eigenvalue weighted by atomic mass is 32.2. The van der Waals surface area contributed by atoms with Crippen molar-refractivity contribution in [2.24, 2.45) is 0 Å². The van der Waals surface area contributed by atoms with E-state index < -0.39 is 14.9 Å². The molecule has 0 unspecified atom stereocenters. The molecule has 2 aromatic rings. The Morgan fingerprint density at radius 1 is 1.19 bits per heavy atom. The van der Waals surface area contributed by atoms with Crippen molar-refractivity contribution in [2.45, 2.75) is 43.7 Å². The lowest BCUT2D eigenvalue weighted by atomic mass is 10.1. The molecule has 0 aromatic heterocycles. The van der Waals surface area contributed by atoms with Crippen molar-refractivity contribution in [1.82, 2.24) is 4.72 Å². The van der Waals surface area contributed by atoms with Crippen LogP contribution in [0.1, 0.15) is 37.4 Å². The summed E-state index contributed by atoms with van der Waals surface area (Å²) in [6.07, 6.45) is 1.75. The van der Waals surface area contributed by atoms with Gasteiger partial charge in [0.2, 0.25) is 10.0 Å². The van der Waals surface area contributed by atoms with E-state index in [1.165, 1.54) is 17.7 Å². The second kappa shape index (κ2) is 7.05. The van der Waals surface area contributed by atoms with Crippen LogP contribution in [0, 0.1) is 10.1 Å². The maximum Gasteiger partial charge on any atom is 0.293 e. The van der Waals surface area contributed by atoms with Gasteiger partial charge < -0.3 is 5.32 Å². The third kappa shape index (κ3) is 3.71. The van der Waals surface area contributed by atoms with E-state index in [4.69, 9.17) is 0 Å². The minimum atomic E-state index is -3.79. The van der Waals surface area contributed by atoms with Gasteiger partial charge in [-0.3, -0.25) is 10.1 Å². The molecule has 1 aliphatic rings. The summed E-state index contributed by atoms with van der Waals surface area (Å²) in [6.45, 7) is 3.39. The van der Waals surface area contributed by atoms with E-state index in [0.29, 0.717) is 5.69 Å². The van der Waals surface area contributed by atoms with E-state index in [0.717, 1.165) is 24.5 Å². The SMILES string of the molecule is CC(C)NS(=O)(=O)c1ccc(N[C@H]2CCc3ccccc32)c([N+](=O)[O-])c1. The molecule has 0 bridgehead atoms. The zero-order valence-corrected chi connectivity index (χ0v) is 15.4. The van der Waals surface area contributed by atoms with Crippen molar-refractivity contribution in [3.05, 3.63) is 63.7 Å². The first-order valence-corrected chi connectivity index (χ1v) is 9.91. The molecule has 3 rings (SSSR count). The molecular weight excluding hydrogens is 354 g/mol. The summed E-state index contributed by atoms with van der Waals surface area (Å²) in [6, 6.07) is 11.6. The van der Waals surface area contributed by atoms with Crippen LogP contribution in [0.4, 0.5) is 11.4 Å². The molecule has 0 fully saturated rings. The summed E-state index contributed by atoms with van der Waals surface area (Å²) < 4.78 is 27.0. The molecule has 2 N–H and O–H groups in total. The van der Waals surface area contributed by atoms with Crippen molar-refractivity contribution < 1.29 is 13.3 Å². The summed E-state index contributed by atoms with van der Waals surface area (Å²) >= 11 is 0. The van der Waals surface area contributed by atoms with Gasteiger partial charge in [0, 0.05) is 12.1 Å². The summed E-state index contributed by atoms with van der Waals surface area (Å²) in [4.78, 5) is 10.8. The molecule has 26 heavy (non-hydrogen) atoms. The van der Waals surface area contributed by atoms with Crippen molar-refractivity contribution in [3.8, 4) is 0 Å². The van der Waals surface area contributed by atoms with Crippen LogP contribution < -0.4 is 10.0 Å². The number of hydrogen-bond acceptors (Lipinski definition) is 5. The van der Waals surface area contributed by atoms with Crippen LogP contribution in [-0.2, 0) is 16.4 Å². The minimum Gasteiger partial charge on any atom is -0.373 e. The molecule has 0 radical (unpaired) electrons. The van der Waals surface area contributed by atoms with Crippen LogP contribution >= 0.6 is 0 Å². The molecule has 2 aromatic carbocycles. The number of aryl methyl sites for hydroxylation is 1. The van der Waals surface area contributed by atoms with E-state index in [-0.39, 0.29) is 22.7 Å². The molecule has 1 atom stereocenters. The Balaban J connectivity index is 1.93. The standard InChI is InChI=1S/C18H21N3O4S/c1-12(2)20-26(24,25)14-8-10-17(18(11-14)21(22)23)19-16-9-7-13-5-3-4-6-15(13)16/h3-6,8,10-12,16,19-20H,7,9H2,1-2H3/t16-/m0/s1. The Kier molecular flexibility index (Phi) is 4.97. The van der Waals surface area contributed by atoms with Gasteiger partial charge in [-0.1, -0.05) is 24.3 Å². The van der Waals surface area contributed by atoms with Gasteiger partial charge in [-0.05, 0) is 49.9 Å². The smallest absolute Gasteiger partial charge is 0.293 e. The van der Waals surface area contributed by atoms with Crippen LogP contribution in [0.3, 0.4) is 0 Å². The Morgan fingerprint density at radius 2 is 1.92 bits per heavy atom. The van der Waals surface area contributed by atoms with E-state index in [2.05, 4.69) is 16.1 Å². The zero-order valence-electron chi connectivity index (χ0n) is 14.6. The lowest BCUT2D eigenvalue weighted by molar-refractivity contribution is -0.384. The van der Waals surface area contributed by atoms with Crippen molar-refractivity contribution in [3.63, 3.8) is 0 Å². The summed E-state index contributed by atoms with van der Waals surface area (Å²) in [5, 5.41) is 14.7. The predicted molar refractivity (Wildman–Crippen MR) is 99.7 cm³/mol. The Hall–Kier alpha value is -2.45. The number of rotatable bonds is 6.